The van der Waals surface area contributed by atoms with Crippen LogP contribution in [0.2, 0.25) is 0 Å². The van der Waals surface area contributed by atoms with Gasteiger partial charge in [0.15, 0.2) is 17.5 Å². The fourth-order valence-corrected chi connectivity index (χ4v) is 7.09. The lowest BCUT2D eigenvalue weighted by Crippen LogP contribution is -1.91. The minimum absolute atomic E-state index is 0.578. The molecule has 0 saturated carbocycles. The molecule has 0 fully saturated rings. The summed E-state index contributed by atoms with van der Waals surface area (Å²) < 4.78 is 11.5. The third kappa shape index (κ3) is 4.23. The Bertz CT molecular complexity index is 2850. The van der Waals surface area contributed by atoms with E-state index < -0.39 is 0 Å². The van der Waals surface area contributed by atoms with E-state index in [0.29, 0.717) is 45.9 Å². The smallest absolute Gasteiger partial charge is 0.164 e. The van der Waals surface area contributed by atoms with Crippen LogP contribution < -0.4 is 9.47 Å². The Morgan fingerprint density at radius 2 is 0.880 bits per heavy atom. The lowest BCUT2D eigenvalue weighted by molar-refractivity contribution is 0.394. The number of hydrogen-bond donors (Lipinski definition) is 2. The predicted molar refractivity (Wildman–Crippen MR) is 197 cm³/mol. The van der Waals surface area contributed by atoms with Gasteiger partial charge in [-0.2, -0.15) is 0 Å². The molecule has 2 aliphatic heterocycles. The second-order valence-electron chi connectivity index (χ2n) is 12.2. The summed E-state index contributed by atoms with van der Waals surface area (Å²) in [5.41, 5.74) is 9.05. The van der Waals surface area contributed by atoms with E-state index in [1.165, 1.54) is 0 Å². The Labute approximate surface area is 285 Å². The molecule has 50 heavy (non-hydrogen) atoms. The molecule has 0 radical (unpaired) electrons. The van der Waals surface area contributed by atoms with Crippen LogP contribution in [0.5, 0.6) is 11.5 Å². The first-order valence-corrected chi connectivity index (χ1v) is 16.3. The van der Waals surface area contributed by atoms with Gasteiger partial charge in [-0.3, -0.25) is 0 Å². The van der Waals surface area contributed by atoms with Gasteiger partial charge in [0.2, 0.25) is 0 Å². The highest BCUT2D eigenvalue weighted by atomic mass is 16.5. The van der Waals surface area contributed by atoms with Gasteiger partial charge in [-0.15, -0.1) is 0 Å². The van der Waals surface area contributed by atoms with Crippen LogP contribution in [0.15, 0.2) is 115 Å². The molecule has 8 bridgehead atoms. The van der Waals surface area contributed by atoms with Gasteiger partial charge in [-0.25, -0.2) is 24.9 Å². The molecule has 3 aromatic heterocycles. The lowest BCUT2D eigenvalue weighted by Gasteiger charge is -2.11. The van der Waals surface area contributed by atoms with Crippen LogP contribution in [0.4, 0.5) is 0 Å². The first-order chi connectivity index (χ1) is 24.7. The summed E-state index contributed by atoms with van der Waals surface area (Å²) in [7, 11) is 3.31. The van der Waals surface area contributed by atoms with Crippen LogP contribution in [0.25, 0.3) is 101 Å². The molecule has 9 nitrogen and oxygen atoms in total. The molecule has 8 aromatic rings. The van der Waals surface area contributed by atoms with Crippen molar-refractivity contribution in [2.45, 2.75) is 0 Å². The fourth-order valence-electron chi connectivity index (χ4n) is 7.09. The van der Waals surface area contributed by atoms with Gasteiger partial charge in [0, 0.05) is 55.4 Å². The SMILES string of the molecule is COc1cc(OC)cc(-c2c3nc(nc4[nH]c(nc5nc(nc6[nH]c2c2ccccc62)-c2ccccc2-5)c2ccccc42)-c2ccccc2-3)c1. The number of hydrogen-bond acceptors (Lipinski definition) is 7. The highest BCUT2D eigenvalue weighted by Crippen LogP contribution is 2.45. The number of ether oxygens (including phenoxy) is 2. The van der Waals surface area contributed by atoms with Gasteiger partial charge in [0.1, 0.15) is 28.4 Å². The number of benzene rings is 5. The first kappa shape index (κ1) is 28.2. The number of aromatic nitrogens is 7. The summed E-state index contributed by atoms with van der Waals surface area (Å²) in [6, 6.07) is 38.5. The zero-order chi connectivity index (χ0) is 33.3. The molecule has 0 spiro atoms. The highest BCUT2D eigenvalue weighted by molar-refractivity contribution is 6.13. The van der Waals surface area contributed by atoms with Crippen LogP contribution in [0.3, 0.4) is 0 Å². The molecule has 0 amide bonds. The molecule has 0 atom stereocenters. The molecule has 0 unspecified atom stereocenters. The summed E-state index contributed by atoms with van der Waals surface area (Å²) in [5.74, 6) is 3.07. The number of nitrogens with zero attached hydrogens (tertiary/aromatic N) is 5. The number of fused-ring (bicyclic) bond motifs is 20. The maximum Gasteiger partial charge on any atom is 0.164 e. The van der Waals surface area contributed by atoms with Gasteiger partial charge < -0.3 is 19.4 Å². The molecule has 238 valence electrons. The molecule has 9 heteroatoms. The van der Waals surface area contributed by atoms with Crippen LogP contribution in [0, 0.1) is 0 Å². The fraction of sp³-hybridized carbons (Fsp3) is 0.0488. The maximum absolute atomic E-state index is 5.76. The van der Waals surface area contributed by atoms with Gasteiger partial charge >= 0.3 is 0 Å². The lowest BCUT2D eigenvalue weighted by atomic mass is 9.96. The third-order valence-corrected chi connectivity index (χ3v) is 9.41. The van der Waals surface area contributed by atoms with Crippen molar-refractivity contribution in [2.24, 2.45) is 0 Å². The van der Waals surface area contributed by atoms with Crippen molar-refractivity contribution in [1.82, 2.24) is 34.9 Å². The number of methoxy groups -OCH3 is 2. The van der Waals surface area contributed by atoms with E-state index in [9.17, 15) is 0 Å². The van der Waals surface area contributed by atoms with E-state index >= 15 is 0 Å². The highest BCUT2D eigenvalue weighted by Gasteiger charge is 2.25. The van der Waals surface area contributed by atoms with Crippen LogP contribution in [-0.2, 0) is 0 Å². The largest absolute Gasteiger partial charge is 0.497 e. The molecular weight excluding hydrogens is 622 g/mol. The number of rotatable bonds is 3. The first-order valence-electron chi connectivity index (χ1n) is 16.3. The minimum atomic E-state index is 0.578. The number of aromatic amines is 2. The summed E-state index contributed by atoms with van der Waals surface area (Å²) in [5, 5.41) is 3.81. The van der Waals surface area contributed by atoms with Gasteiger partial charge in [0.05, 0.1) is 25.4 Å². The van der Waals surface area contributed by atoms with Crippen molar-refractivity contribution >= 4 is 44.0 Å². The van der Waals surface area contributed by atoms with Crippen molar-refractivity contribution in [3.63, 3.8) is 0 Å². The van der Waals surface area contributed by atoms with Gasteiger partial charge in [0.25, 0.3) is 0 Å². The van der Waals surface area contributed by atoms with E-state index in [-0.39, 0.29) is 0 Å². The number of H-pyrrole nitrogens is 2. The van der Waals surface area contributed by atoms with Gasteiger partial charge in [-0.05, 0) is 17.7 Å². The summed E-state index contributed by atoms with van der Waals surface area (Å²) in [6.07, 6.45) is 0. The second-order valence-corrected chi connectivity index (χ2v) is 12.2. The second kappa shape index (κ2) is 10.8. The maximum atomic E-state index is 5.76. The standard InChI is InChI=1S/C41H27N7O2/c1-49-23-19-22(20-24(21-23)50-2)33-34-25-11-3-5-13-27(25)36(42-34)44-38-29-15-7-9-17-31(29)40(46-38)48-41-32-18-10-8-16-30(32)39(47-41)45-37-28-14-6-4-12-26(28)35(33)43-37/h3-21H,1-2H3,(H2,42,43,44,45,46,47,48). The molecule has 0 saturated heterocycles. The van der Waals surface area contributed by atoms with E-state index in [1.807, 2.05) is 91.0 Å². The Kier molecular flexibility index (Phi) is 6.10. The zero-order valence-electron chi connectivity index (χ0n) is 27.0. The summed E-state index contributed by atoms with van der Waals surface area (Å²) >= 11 is 0. The van der Waals surface area contributed by atoms with E-state index in [2.05, 4.69) is 34.2 Å². The van der Waals surface area contributed by atoms with E-state index in [0.717, 1.165) is 66.1 Å². The van der Waals surface area contributed by atoms with E-state index in [4.69, 9.17) is 34.4 Å². The normalized spacial score (nSPS) is 11.8. The quantitative estimate of drug-likeness (QED) is 0.196. The predicted octanol–water partition coefficient (Wildman–Crippen LogP) is 9.16. The van der Waals surface area contributed by atoms with Crippen molar-refractivity contribution in [3.05, 3.63) is 115 Å². The average molecular weight is 650 g/mol. The Balaban J connectivity index is 1.47. The topological polar surface area (TPSA) is 114 Å². The van der Waals surface area contributed by atoms with Crippen LogP contribution in [0.1, 0.15) is 0 Å². The molecule has 10 rings (SSSR count). The Morgan fingerprint density at radius 3 is 1.44 bits per heavy atom. The van der Waals surface area contributed by atoms with Crippen molar-refractivity contribution in [1.29, 1.82) is 0 Å². The molecule has 0 aliphatic carbocycles. The van der Waals surface area contributed by atoms with E-state index in [1.54, 1.807) is 14.2 Å². The monoisotopic (exact) mass is 649 g/mol. The van der Waals surface area contributed by atoms with Crippen molar-refractivity contribution < 1.29 is 9.47 Å². The summed E-state index contributed by atoms with van der Waals surface area (Å²) in [4.78, 5) is 33.1. The molecule has 2 N–H and O–H groups in total. The molecule has 5 heterocycles. The third-order valence-electron chi connectivity index (χ3n) is 9.41. The number of nitrogens with one attached hydrogen (secondary N) is 2. The molecule has 2 aliphatic rings. The van der Waals surface area contributed by atoms with Crippen LogP contribution in [-0.4, -0.2) is 49.1 Å². The summed E-state index contributed by atoms with van der Waals surface area (Å²) in [6.45, 7) is 0. The van der Waals surface area contributed by atoms with Gasteiger partial charge in [-0.1, -0.05) is 97.1 Å². The Morgan fingerprint density at radius 1 is 0.440 bits per heavy atom. The molecular formula is C41H27N7O2. The Hall–Kier alpha value is -6.87. The van der Waals surface area contributed by atoms with Crippen molar-refractivity contribution in [3.8, 4) is 68.0 Å². The average Bonchev–Trinajstić information content (AvgIpc) is 3.91. The van der Waals surface area contributed by atoms with Crippen molar-refractivity contribution in [2.75, 3.05) is 14.2 Å². The molecule has 5 aromatic carbocycles. The zero-order valence-corrected chi connectivity index (χ0v) is 27.0. The minimum Gasteiger partial charge on any atom is -0.497 e. The van der Waals surface area contributed by atoms with Crippen LogP contribution >= 0.6 is 0 Å².